The maximum atomic E-state index is 16.9. The molecule has 0 unspecified atom stereocenters. The number of aromatic nitrogens is 3. The fourth-order valence-electron chi connectivity index (χ4n) is 8.76. The summed E-state index contributed by atoms with van der Waals surface area (Å²) in [7, 11) is 0. The Hall–Kier alpha value is -3.31. The Kier molecular flexibility index (Phi) is 7.70. The molecule has 5 aliphatic heterocycles. The second-order valence-corrected chi connectivity index (χ2v) is 15.1. The Labute approximate surface area is 277 Å². The lowest BCUT2D eigenvalue weighted by Crippen LogP contribution is -2.44. The number of piperidine rings is 1. The molecule has 3 saturated heterocycles. The van der Waals surface area contributed by atoms with Crippen LogP contribution < -0.4 is 9.64 Å². The monoisotopic (exact) mass is 667 g/mol. The maximum absolute atomic E-state index is 16.9. The van der Waals surface area contributed by atoms with Gasteiger partial charge in [-0.2, -0.15) is 9.97 Å². The molecule has 3 aromatic rings. The summed E-state index contributed by atoms with van der Waals surface area (Å²) in [5.41, 5.74) is 0.628. The van der Waals surface area contributed by atoms with Gasteiger partial charge in [0.2, 0.25) is 0 Å². The molecule has 6 aliphatic rings. The Balaban J connectivity index is 1.26. The van der Waals surface area contributed by atoms with Crippen LogP contribution in [0.5, 0.6) is 11.8 Å². The van der Waals surface area contributed by atoms with Crippen molar-refractivity contribution in [1.29, 1.82) is 0 Å². The summed E-state index contributed by atoms with van der Waals surface area (Å²) in [4.78, 5) is 31.2. The third kappa shape index (κ3) is 5.67. The van der Waals surface area contributed by atoms with Gasteiger partial charge in [0, 0.05) is 49.3 Å². The number of benzene rings is 1. The molecular weight excluding hydrogens is 628 g/mol. The number of rotatable bonds is 3. The standard InChI is InChI=1S/C35H40ClF2N5O4/c1-34-6-2-9-42(18-34)32-25-16-39-30(24-13-22(44)14-26(36)28(24)23-12-20(23)5-11-46-27(45)4-8-34)29(38)31(25)40-33(41-32)47-19-35-7-3-10-43(35)17-21(37)15-35/h13-14,16,20-21,23,44H,2-12,15,17-19H2,1H3/t20-,21-,23+,34+,35+/m1/s1. The fourth-order valence-corrected chi connectivity index (χ4v) is 9.11. The number of anilines is 1. The van der Waals surface area contributed by atoms with E-state index in [1.165, 1.54) is 12.1 Å². The van der Waals surface area contributed by atoms with Crippen LogP contribution in [0, 0.1) is 17.2 Å². The molecule has 0 radical (unpaired) electrons. The van der Waals surface area contributed by atoms with Crippen molar-refractivity contribution < 1.29 is 28.2 Å². The van der Waals surface area contributed by atoms with E-state index < -0.39 is 17.5 Å². The molecule has 5 atom stereocenters. The van der Waals surface area contributed by atoms with Crippen molar-refractivity contribution in [3.05, 3.63) is 34.7 Å². The zero-order valence-corrected chi connectivity index (χ0v) is 27.4. The van der Waals surface area contributed by atoms with Crippen molar-refractivity contribution >= 4 is 34.3 Å². The lowest BCUT2D eigenvalue weighted by molar-refractivity contribution is -0.144. The Morgan fingerprint density at radius 2 is 2.04 bits per heavy atom. The smallest absolute Gasteiger partial charge is 0.319 e. The van der Waals surface area contributed by atoms with E-state index >= 15 is 4.39 Å². The van der Waals surface area contributed by atoms with Crippen molar-refractivity contribution in [3.63, 3.8) is 0 Å². The van der Waals surface area contributed by atoms with Crippen LogP contribution in [-0.4, -0.2) is 82.0 Å². The number of fused-ring (bicyclic) bond motifs is 7. The Bertz CT molecular complexity index is 1750. The highest BCUT2D eigenvalue weighted by Crippen LogP contribution is 2.55. The summed E-state index contributed by atoms with van der Waals surface area (Å²) in [6.45, 7) is 5.22. The molecule has 1 saturated carbocycles. The van der Waals surface area contributed by atoms with Crippen molar-refractivity contribution in [3.8, 4) is 23.0 Å². The topological polar surface area (TPSA) is 101 Å². The van der Waals surface area contributed by atoms with Gasteiger partial charge in [0.25, 0.3) is 0 Å². The van der Waals surface area contributed by atoms with E-state index in [1.807, 2.05) is 0 Å². The number of phenolic OH excluding ortho intramolecular Hbond substituents is 1. The van der Waals surface area contributed by atoms with Gasteiger partial charge in [-0.15, -0.1) is 0 Å². The highest BCUT2D eigenvalue weighted by Gasteiger charge is 2.49. The largest absolute Gasteiger partial charge is 0.508 e. The second kappa shape index (κ2) is 11.7. The molecule has 2 aromatic heterocycles. The molecule has 6 bridgehead atoms. The van der Waals surface area contributed by atoms with Crippen LogP contribution in [0.25, 0.3) is 22.2 Å². The van der Waals surface area contributed by atoms with Crippen LogP contribution in [-0.2, 0) is 9.53 Å². The van der Waals surface area contributed by atoms with Gasteiger partial charge in [0.1, 0.15) is 35.6 Å². The van der Waals surface area contributed by atoms with Gasteiger partial charge < -0.3 is 19.5 Å². The second-order valence-electron chi connectivity index (χ2n) is 14.7. The van der Waals surface area contributed by atoms with Gasteiger partial charge in [-0.05, 0) is 86.4 Å². The minimum absolute atomic E-state index is 0.0103. The number of hydrogen-bond donors (Lipinski definition) is 1. The number of ether oxygens (including phenoxy) is 2. The predicted octanol–water partition coefficient (Wildman–Crippen LogP) is 6.58. The number of aromatic hydroxyl groups is 1. The van der Waals surface area contributed by atoms with E-state index in [2.05, 4.69) is 26.7 Å². The van der Waals surface area contributed by atoms with Crippen molar-refractivity contribution in [2.24, 2.45) is 11.3 Å². The summed E-state index contributed by atoms with van der Waals surface area (Å²) in [5, 5.41) is 11.3. The van der Waals surface area contributed by atoms with Gasteiger partial charge in [-0.3, -0.25) is 14.7 Å². The molecule has 9 rings (SSSR count). The molecule has 47 heavy (non-hydrogen) atoms. The number of halogens is 3. The molecule has 0 spiro atoms. The minimum atomic E-state index is -0.906. The van der Waals surface area contributed by atoms with Gasteiger partial charge in [0.15, 0.2) is 5.82 Å². The van der Waals surface area contributed by atoms with Crippen LogP contribution >= 0.6 is 11.6 Å². The van der Waals surface area contributed by atoms with Crippen LogP contribution in [0.4, 0.5) is 14.6 Å². The molecule has 1 aliphatic carbocycles. The maximum Gasteiger partial charge on any atom is 0.319 e. The van der Waals surface area contributed by atoms with E-state index in [0.29, 0.717) is 79.3 Å². The van der Waals surface area contributed by atoms with E-state index in [4.69, 9.17) is 26.1 Å². The molecule has 0 amide bonds. The zero-order valence-electron chi connectivity index (χ0n) is 26.6. The highest BCUT2D eigenvalue weighted by atomic mass is 35.5. The number of carbonyl (C=O) groups excluding carboxylic acids is 1. The van der Waals surface area contributed by atoms with E-state index in [-0.39, 0.29) is 52.8 Å². The van der Waals surface area contributed by atoms with E-state index in [0.717, 1.165) is 38.6 Å². The van der Waals surface area contributed by atoms with Crippen molar-refractivity contribution in [2.45, 2.75) is 82.3 Å². The first-order valence-corrected chi connectivity index (χ1v) is 17.3. The fraction of sp³-hybridized carbons (Fsp3) is 0.600. The van der Waals surface area contributed by atoms with Crippen molar-refractivity contribution in [1.82, 2.24) is 19.9 Å². The molecule has 1 N–H and O–H groups in total. The third-order valence-corrected chi connectivity index (χ3v) is 11.6. The first kappa shape index (κ1) is 31.0. The quantitative estimate of drug-likeness (QED) is 0.310. The van der Waals surface area contributed by atoms with Gasteiger partial charge in [-0.1, -0.05) is 18.5 Å². The lowest BCUT2D eigenvalue weighted by Gasteiger charge is -2.41. The number of esters is 1. The van der Waals surface area contributed by atoms with Crippen LogP contribution in [0.1, 0.15) is 76.2 Å². The number of nitrogens with zero attached hydrogens (tertiary/aromatic N) is 5. The molecule has 7 heterocycles. The first-order valence-electron chi connectivity index (χ1n) is 16.9. The SMILES string of the molecule is C[C@@]12CCCN(C1)c1nc(OC[C@@]34CCCN3C[C@H](F)C4)nc3c(F)c(ncc13)-c1cc(O)cc(Cl)c1[C@H]1C[C@H]1CCOC(=O)CC2. The number of hydrogen-bond acceptors (Lipinski definition) is 9. The molecule has 4 fully saturated rings. The number of phenols is 1. The van der Waals surface area contributed by atoms with Gasteiger partial charge in [-0.25, -0.2) is 8.78 Å². The normalized spacial score (nSPS) is 30.9. The molecular formula is C35H40ClF2N5O4. The summed E-state index contributed by atoms with van der Waals surface area (Å²) in [6.07, 6.45) is 7.15. The highest BCUT2D eigenvalue weighted by molar-refractivity contribution is 6.32. The number of pyridine rings is 1. The average Bonchev–Trinajstić information content (AvgIpc) is 3.57. The lowest BCUT2D eigenvalue weighted by atomic mass is 9.78. The van der Waals surface area contributed by atoms with Crippen LogP contribution in [0.15, 0.2) is 18.3 Å². The average molecular weight is 668 g/mol. The minimum Gasteiger partial charge on any atom is -0.508 e. The van der Waals surface area contributed by atoms with E-state index in [1.54, 1.807) is 6.20 Å². The number of alkyl halides is 1. The van der Waals surface area contributed by atoms with Crippen LogP contribution in [0.2, 0.25) is 5.02 Å². The summed E-state index contributed by atoms with van der Waals surface area (Å²) in [5.74, 6) is -0.198. The Morgan fingerprint density at radius 3 is 2.91 bits per heavy atom. The first-order chi connectivity index (χ1) is 22.6. The molecule has 1 aromatic carbocycles. The number of carbonyl (C=O) groups is 1. The predicted molar refractivity (Wildman–Crippen MR) is 173 cm³/mol. The summed E-state index contributed by atoms with van der Waals surface area (Å²) >= 11 is 6.71. The Morgan fingerprint density at radius 1 is 1.19 bits per heavy atom. The third-order valence-electron chi connectivity index (χ3n) is 11.3. The van der Waals surface area contributed by atoms with E-state index in [9.17, 15) is 14.3 Å². The summed E-state index contributed by atoms with van der Waals surface area (Å²) < 4.78 is 43.4. The van der Waals surface area contributed by atoms with Gasteiger partial charge in [0.05, 0.1) is 17.5 Å². The molecule has 12 heteroatoms. The van der Waals surface area contributed by atoms with Crippen LogP contribution in [0.3, 0.4) is 0 Å². The molecule has 9 nitrogen and oxygen atoms in total. The molecule has 250 valence electrons. The summed E-state index contributed by atoms with van der Waals surface area (Å²) in [6, 6.07) is 3.01. The van der Waals surface area contributed by atoms with Crippen molar-refractivity contribution in [2.75, 3.05) is 44.3 Å². The zero-order chi connectivity index (χ0) is 32.5. The van der Waals surface area contributed by atoms with Gasteiger partial charge >= 0.3 is 12.0 Å².